The van der Waals surface area contributed by atoms with E-state index >= 15 is 0 Å². The molecule has 0 fully saturated rings. The Kier molecular flexibility index (Phi) is 2.59. The molecule has 3 nitrogen and oxygen atoms in total. The van der Waals surface area contributed by atoms with Gasteiger partial charge in [-0.3, -0.25) is 0 Å². The molecule has 2 aromatic rings. The highest BCUT2D eigenvalue weighted by atomic mass is 79.9. The van der Waals surface area contributed by atoms with Crippen LogP contribution < -0.4 is 0 Å². The van der Waals surface area contributed by atoms with E-state index in [9.17, 15) is 0 Å². The number of thiophene rings is 1. The maximum atomic E-state index is 4.32. The van der Waals surface area contributed by atoms with Crippen molar-refractivity contribution in [1.29, 1.82) is 0 Å². The molecule has 0 spiro atoms. The van der Waals surface area contributed by atoms with Gasteiger partial charge in [0.2, 0.25) is 0 Å². The van der Waals surface area contributed by atoms with Crippen LogP contribution in [0.3, 0.4) is 0 Å². The number of nitrogens with zero attached hydrogens (tertiary/aromatic N) is 3. The van der Waals surface area contributed by atoms with E-state index in [2.05, 4.69) is 49.8 Å². The average molecular weight is 298 g/mol. The molecule has 0 saturated heterocycles. The Labute approximate surface area is 107 Å². The predicted octanol–water partition coefficient (Wildman–Crippen LogP) is 3.35. The van der Waals surface area contributed by atoms with E-state index in [1.165, 1.54) is 11.3 Å². The summed E-state index contributed by atoms with van der Waals surface area (Å²) in [5, 5.41) is 8.62. The van der Waals surface area contributed by atoms with E-state index < -0.39 is 0 Å². The molecule has 0 N–H and O–H groups in total. The summed E-state index contributed by atoms with van der Waals surface area (Å²) in [6, 6.07) is 4.16. The van der Waals surface area contributed by atoms with E-state index in [1.54, 1.807) is 11.3 Å². The van der Waals surface area contributed by atoms with E-state index in [-0.39, 0.29) is 0 Å². The van der Waals surface area contributed by atoms with Crippen LogP contribution in [0.2, 0.25) is 0 Å². The third kappa shape index (κ3) is 1.72. The number of halogens is 1. The van der Waals surface area contributed by atoms with Crippen LogP contribution in [0.5, 0.6) is 0 Å². The predicted molar refractivity (Wildman–Crippen MR) is 68.5 cm³/mol. The van der Waals surface area contributed by atoms with Crippen LogP contribution in [-0.4, -0.2) is 14.8 Å². The fourth-order valence-corrected chi connectivity index (χ4v) is 3.48. The smallest absolute Gasteiger partial charge is 0.174 e. The van der Waals surface area contributed by atoms with Crippen molar-refractivity contribution in [2.24, 2.45) is 5.92 Å². The van der Waals surface area contributed by atoms with Crippen LogP contribution in [0.15, 0.2) is 15.9 Å². The number of rotatable bonds is 1. The Morgan fingerprint density at radius 2 is 2.31 bits per heavy atom. The summed E-state index contributed by atoms with van der Waals surface area (Å²) in [6.45, 7) is 3.33. The van der Waals surface area contributed by atoms with E-state index in [0.717, 1.165) is 34.3 Å². The van der Waals surface area contributed by atoms with Gasteiger partial charge >= 0.3 is 0 Å². The molecule has 5 heteroatoms. The van der Waals surface area contributed by atoms with Crippen LogP contribution in [0.4, 0.5) is 0 Å². The molecule has 0 amide bonds. The van der Waals surface area contributed by atoms with Crippen LogP contribution in [0, 0.1) is 5.92 Å². The highest BCUT2D eigenvalue weighted by Crippen LogP contribution is 2.32. The second kappa shape index (κ2) is 3.96. The summed E-state index contributed by atoms with van der Waals surface area (Å²) in [6.07, 6.45) is 2.28. The van der Waals surface area contributed by atoms with Gasteiger partial charge in [-0.05, 0) is 40.4 Å². The lowest BCUT2D eigenvalue weighted by molar-refractivity contribution is 0.411. The summed E-state index contributed by atoms with van der Waals surface area (Å²) >= 11 is 5.20. The minimum Gasteiger partial charge on any atom is -0.310 e. The Morgan fingerprint density at radius 1 is 1.44 bits per heavy atom. The van der Waals surface area contributed by atoms with Gasteiger partial charge in [0.15, 0.2) is 5.82 Å². The Hall–Kier alpha value is -0.680. The van der Waals surface area contributed by atoms with Gasteiger partial charge in [0, 0.05) is 13.0 Å². The van der Waals surface area contributed by atoms with Gasteiger partial charge in [0.05, 0.1) is 8.66 Å². The summed E-state index contributed by atoms with van der Waals surface area (Å²) in [7, 11) is 0. The van der Waals surface area contributed by atoms with Gasteiger partial charge < -0.3 is 4.57 Å². The van der Waals surface area contributed by atoms with Crippen molar-refractivity contribution < 1.29 is 0 Å². The Morgan fingerprint density at radius 3 is 3.06 bits per heavy atom. The molecule has 3 rings (SSSR count). The van der Waals surface area contributed by atoms with Crippen molar-refractivity contribution in [3.05, 3.63) is 21.7 Å². The van der Waals surface area contributed by atoms with Gasteiger partial charge in [-0.1, -0.05) is 6.92 Å². The standard InChI is InChI=1S/C11H12BrN3S/c1-7-4-5-15-10(6-7)13-14-11(15)8-2-3-9(12)16-8/h2-3,7H,4-6H2,1H3. The molecular formula is C11H12BrN3S. The first-order valence-corrected chi connectivity index (χ1v) is 7.03. The van der Waals surface area contributed by atoms with Gasteiger partial charge in [-0.15, -0.1) is 21.5 Å². The largest absolute Gasteiger partial charge is 0.310 e. The minimum absolute atomic E-state index is 0.736. The van der Waals surface area contributed by atoms with Gasteiger partial charge in [0.25, 0.3) is 0 Å². The molecular weight excluding hydrogens is 286 g/mol. The zero-order chi connectivity index (χ0) is 11.1. The van der Waals surface area contributed by atoms with Gasteiger partial charge in [-0.2, -0.15) is 0 Å². The maximum Gasteiger partial charge on any atom is 0.174 e. The molecule has 84 valence electrons. The first kappa shape index (κ1) is 10.5. The quantitative estimate of drug-likeness (QED) is 0.808. The second-order valence-corrected chi connectivity index (χ2v) is 6.76. The van der Waals surface area contributed by atoms with Crippen molar-refractivity contribution in [3.63, 3.8) is 0 Å². The SMILES string of the molecule is CC1CCn2c(nnc2-c2ccc(Br)s2)C1. The second-order valence-electron chi connectivity index (χ2n) is 4.29. The fourth-order valence-electron chi connectivity index (χ4n) is 2.10. The first-order valence-electron chi connectivity index (χ1n) is 5.42. The minimum atomic E-state index is 0.736. The number of hydrogen-bond acceptors (Lipinski definition) is 3. The van der Waals surface area contributed by atoms with Crippen LogP contribution in [0.1, 0.15) is 19.2 Å². The summed E-state index contributed by atoms with van der Waals surface area (Å²) in [5.41, 5.74) is 0. The molecule has 0 radical (unpaired) electrons. The number of aromatic nitrogens is 3. The molecule has 16 heavy (non-hydrogen) atoms. The van der Waals surface area contributed by atoms with Crippen molar-refractivity contribution in [3.8, 4) is 10.7 Å². The Balaban J connectivity index is 2.03. The molecule has 0 aromatic carbocycles. The third-order valence-corrected chi connectivity index (χ3v) is 4.62. The Bertz CT molecular complexity index is 517. The maximum absolute atomic E-state index is 4.32. The lowest BCUT2D eigenvalue weighted by Crippen LogP contribution is -2.17. The highest BCUT2D eigenvalue weighted by Gasteiger charge is 2.21. The average Bonchev–Trinajstić information content (AvgIpc) is 2.83. The van der Waals surface area contributed by atoms with Gasteiger partial charge in [0.1, 0.15) is 5.82 Å². The van der Waals surface area contributed by atoms with Crippen LogP contribution in [0.25, 0.3) is 10.7 Å². The van der Waals surface area contributed by atoms with Crippen molar-refractivity contribution in [2.75, 3.05) is 0 Å². The van der Waals surface area contributed by atoms with E-state index in [4.69, 9.17) is 0 Å². The zero-order valence-electron chi connectivity index (χ0n) is 8.98. The third-order valence-electron chi connectivity index (χ3n) is 3.00. The topological polar surface area (TPSA) is 30.7 Å². The molecule has 0 bridgehead atoms. The fraction of sp³-hybridized carbons (Fsp3) is 0.455. The monoisotopic (exact) mass is 297 g/mol. The molecule has 0 saturated carbocycles. The lowest BCUT2D eigenvalue weighted by atomic mass is 10.0. The molecule has 0 aliphatic carbocycles. The van der Waals surface area contributed by atoms with E-state index in [0.29, 0.717) is 0 Å². The number of fused-ring (bicyclic) bond motifs is 1. The normalized spacial score (nSPS) is 19.8. The molecule has 1 aliphatic heterocycles. The summed E-state index contributed by atoms with van der Waals surface area (Å²) < 4.78 is 3.40. The molecule has 1 unspecified atom stereocenters. The van der Waals surface area contributed by atoms with Crippen LogP contribution in [-0.2, 0) is 13.0 Å². The van der Waals surface area contributed by atoms with Crippen LogP contribution >= 0.6 is 27.3 Å². The molecule has 1 atom stereocenters. The molecule has 1 aliphatic rings. The highest BCUT2D eigenvalue weighted by molar-refractivity contribution is 9.11. The zero-order valence-corrected chi connectivity index (χ0v) is 11.4. The number of hydrogen-bond donors (Lipinski definition) is 0. The molecule has 3 heterocycles. The first-order chi connectivity index (χ1) is 7.74. The lowest BCUT2D eigenvalue weighted by Gasteiger charge is -2.19. The van der Waals surface area contributed by atoms with Crippen molar-refractivity contribution in [2.45, 2.75) is 26.3 Å². The summed E-state index contributed by atoms with van der Waals surface area (Å²) in [4.78, 5) is 1.19. The van der Waals surface area contributed by atoms with Gasteiger partial charge in [-0.25, -0.2) is 0 Å². The summed E-state index contributed by atoms with van der Waals surface area (Å²) in [5.74, 6) is 2.90. The van der Waals surface area contributed by atoms with Crippen molar-refractivity contribution in [1.82, 2.24) is 14.8 Å². The van der Waals surface area contributed by atoms with Crippen molar-refractivity contribution >= 4 is 27.3 Å². The van der Waals surface area contributed by atoms with E-state index in [1.807, 2.05) is 0 Å². The molecule has 2 aromatic heterocycles.